The summed E-state index contributed by atoms with van der Waals surface area (Å²) in [5.41, 5.74) is 7.38. The molecule has 0 aliphatic rings. The van der Waals surface area contributed by atoms with Crippen LogP contribution in [0.1, 0.15) is 17.3 Å². The van der Waals surface area contributed by atoms with Crippen molar-refractivity contribution in [3.63, 3.8) is 0 Å². The second-order valence-electron chi connectivity index (χ2n) is 3.70. The first kappa shape index (κ1) is 13.8. The van der Waals surface area contributed by atoms with E-state index < -0.39 is 5.97 Å². The van der Waals surface area contributed by atoms with E-state index in [0.29, 0.717) is 30.0 Å². The molecule has 0 unspecified atom stereocenters. The van der Waals surface area contributed by atoms with E-state index in [2.05, 4.69) is 15.4 Å². The molecule has 0 aromatic heterocycles. The number of rotatable bonds is 5. The molecule has 0 aliphatic carbocycles. The third kappa shape index (κ3) is 3.97. The first-order chi connectivity index (χ1) is 8.54. The van der Waals surface area contributed by atoms with Gasteiger partial charge in [-0.15, -0.1) is 0 Å². The Hall–Kier alpha value is -2.24. The third-order valence-corrected chi connectivity index (χ3v) is 2.29. The maximum atomic E-state index is 11.3. The van der Waals surface area contributed by atoms with Crippen molar-refractivity contribution in [2.24, 2.45) is 0 Å². The number of ether oxygens (including phenoxy) is 1. The van der Waals surface area contributed by atoms with Crippen molar-refractivity contribution >= 4 is 23.3 Å². The normalized spacial score (nSPS) is 9.67. The molecule has 6 nitrogen and oxygen atoms in total. The van der Waals surface area contributed by atoms with Crippen molar-refractivity contribution in [3.8, 4) is 0 Å². The van der Waals surface area contributed by atoms with Gasteiger partial charge in [0.2, 0.25) is 5.91 Å². The number of hydrogen-bond donors (Lipinski definition) is 3. The van der Waals surface area contributed by atoms with Gasteiger partial charge in [0.1, 0.15) is 0 Å². The predicted molar refractivity (Wildman–Crippen MR) is 69.4 cm³/mol. The topological polar surface area (TPSA) is 93.5 Å². The van der Waals surface area contributed by atoms with E-state index in [9.17, 15) is 9.59 Å². The van der Waals surface area contributed by atoms with Crippen LogP contribution in [-0.4, -0.2) is 32.1 Å². The van der Waals surface area contributed by atoms with Gasteiger partial charge in [-0.3, -0.25) is 4.79 Å². The SMILES string of the molecule is COC(=O)c1ccc(NCCNC(C)=O)c(N)c1. The Morgan fingerprint density at radius 3 is 2.61 bits per heavy atom. The number of hydrogen-bond acceptors (Lipinski definition) is 5. The summed E-state index contributed by atoms with van der Waals surface area (Å²) in [7, 11) is 1.32. The number of carbonyl (C=O) groups excluding carboxylic acids is 2. The molecule has 1 aromatic rings. The lowest BCUT2D eigenvalue weighted by atomic mass is 10.1. The first-order valence-electron chi connectivity index (χ1n) is 5.50. The van der Waals surface area contributed by atoms with E-state index >= 15 is 0 Å². The van der Waals surface area contributed by atoms with E-state index in [1.165, 1.54) is 14.0 Å². The number of benzene rings is 1. The Morgan fingerprint density at radius 2 is 2.06 bits per heavy atom. The standard InChI is InChI=1S/C12H17N3O3/c1-8(16)14-5-6-15-11-4-3-9(7-10(11)13)12(17)18-2/h3-4,7,15H,5-6,13H2,1-2H3,(H,14,16). The van der Waals surface area contributed by atoms with Crippen LogP contribution in [0, 0.1) is 0 Å². The Bertz CT molecular complexity index is 446. The zero-order valence-corrected chi connectivity index (χ0v) is 10.4. The number of nitrogens with two attached hydrogens (primary N) is 1. The van der Waals surface area contributed by atoms with Crippen molar-refractivity contribution in [3.05, 3.63) is 23.8 Å². The predicted octanol–water partition coefficient (Wildman–Crippen LogP) is 0.603. The molecule has 0 atom stereocenters. The molecule has 0 fully saturated rings. The van der Waals surface area contributed by atoms with Crippen molar-refractivity contribution in [2.75, 3.05) is 31.2 Å². The molecule has 1 rings (SSSR count). The fourth-order valence-corrected chi connectivity index (χ4v) is 1.40. The molecule has 4 N–H and O–H groups in total. The van der Waals surface area contributed by atoms with Gasteiger partial charge in [-0.25, -0.2) is 4.79 Å². The molecule has 1 amide bonds. The summed E-state index contributed by atoms with van der Waals surface area (Å²) in [5, 5.41) is 5.72. The van der Waals surface area contributed by atoms with Crippen LogP contribution in [-0.2, 0) is 9.53 Å². The molecule has 0 aliphatic heterocycles. The maximum absolute atomic E-state index is 11.3. The van der Waals surface area contributed by atoms with E-state index in [1.807, 2.05) is 0 Å². The zero-order chi connectivity index (χ0) is 13.5. The Morgan fingerprint density at radius 1 is 1.33 bits per heavy atom. The second-order valence-corrected chi connectivity index (χ2v) is 3.70. The lowest BCUT2D eigenvalue weighted by Gasteiger charge is -2.10. The number of methoxy groups -OCH3 is 1. The van der Waals surface area contributed by atoms with Crippen LogP contribution >= 0.6 is 0 Å². The molecule has 0 saturated carbocycles. The highest BCUT2D eigenvalue weighted by atomic mass is 16.5. The van der Waals surface area contributed by atoms with Crippen molar-refractivity contribution in [1.82, 2.24) is 5.32 Å². The Labute approximate surface area is 105 Å². The molecule has 6 heteroatoms. The summed E-state index contributed by atoms with van der Waals surface area (Å²) in [6, 6.07) is 4.88. The van der Waals surface area contributed by atoms with E-state index in [1.54, 1.807) is 18.2 Å². The Balaban J connectivity index is 2.57. The van der Waals surface area contributed by atoms with Gasteiger partial charge in [-0.2, -0.15) is 0 Å². The van der Waals surface area contributed by atoms with Crippen molar-refractivity contribution in [1.29, 1.82) is 0 Å². The number of anilines is 2. The van der Waals surface area contributed by atoms with Gasteiger partial charge in [-0.1, -0.05) is 0 Å². The third-order valence-electron chi connectivity index (χ3n) is 2.29. The second kappa shape index (κ2) is 6.48. The summed E-state index contributed by atoms with van der Waals surface area (Å²) >= 11 is 0. The molecule has 0 bridgehead atoms. The summed E-state index contributed by atoms with van der Waals surface area (Å²) in [6.07, 6.45) is 0. The van der Waals surface area contributed by atoms with Crippen molar-refractivity contribution in [2.45, 2.75) is 6.92 Å². The quantitative estimate of drug-likeness (QED) is 0.405. The summed E-state index contributed by atoms with van der Waals surface area (Å²) in [4.78, 5) is 21.9. The largest absolute Gasteiger partial charge is 0.465 e. The van der Waals surface area contributed by atoms with Crippen LogP contribution in [0.2, 0.25) is 0 Å². The summed E-state index contributed by atoms with van der Waals surface area (Å²) in [5.74, 6) is -0.502. The number of carbonyl (C=O) groups is 2. The molecule has 98 valence electrons. The number of esters is 1. The van der Waals surface area contributed by atoms with E-state index in [-0.39, 0.29) is 5.91 Å². The molecule has 0 radical (unpaired) electrons. The van der Waals surface area contributed by atoms with Crippen LogP contribution in [0.3, 0.4) is 0 Å². The minimum Gasteiger partial charge on any atom is -0.465 e. The number of amides is 1. The lowest BCUT2D eigenvalue weighted by Crippen LogP contribution is -2.26. The number of nitrogen functional groups attached to an aromatic ring is 1. The van der Waals surface area contributed by atoms with Crippen LogP contribution in [0.4, 0.5) is 11.4 Å². The van der Waals surface area contributed by atoms with Gasteiger partial charge >= 0.3 is 5.97 Å². The van der Waals surface area contributed by atoms with Gasteiger partial charge in [0, 0.05) is 20.0 Å². The first-order valence-corrected chi connectivity index (χ1v) is 5.50. The van der Waals surface area contributed by atoms with Crippen LogP contribution in [0.5, 0.6) is 0 Å². The molecular weight excluding hydrogens is 234 g/mol. The molecule has 0 heterocycles. The fourth-order valence-electron chi connectivity index (χ4n) is 1.40. The maximum Gasteiger partial charge on any atom is 0.337 e. The van der Waals surface area contributed by atoms with Crippen LogP contribution < -0.4 is 16.4 Å². The fraction of sp³-hybridized carbons (Fsp3) is 0.333. The highest BCUT2D eigenvalue weighted by Crippen LogP contribution is 2.19. The lowest BCUT2D eigenvalue weighted by molar-refractivity contribution is -0.118. The number of nitrogens with one attached hydrogen (secondary N) is 2. The van der Waals surface area contributed by atoms with E-state index in [4.69, 9.17) is 5.73 Å². The molecule has 18 heavy (non-hydrogen) atoms. The average Bonchev–Trinajstić information content (AvgIpc) is 2.34. The van der Waals surface area contributed by atoms with E-state index in [0.717, 1.165) is 0 Å². The Kier molecular flexibility index (Phi) is 4.98. The highest BCUT2D eigenvalue weighted by molar-refractivity contribution is 5.91. The van der Waals surface area contributed by atoms with Crippen molar-refractivity contribution < 1.29 is 14.3 Å². The minimum atomic E-state index is -0.425. The molecular formula is C12H17N3O3. The van der Waals surface area contributed by atoms with Gasteiger partial charge in [0.15, 0.2) is 0 Å². The molecule has 0 spiro atoms. The van der Waals surface area contributed by atoms with Crippen LogP contribution in [0.25, 0.3) is 0 Å². The minimum absolute atomic E-state index is 0.0780. The van der Waals surface area contributed by atoms with Gasteiger partial charge in [-0.05, 0) is 18.2 Å². The highest BCUT2D eigenvalue weighted by Gasteiger charge is 2.07. The average molecular weight is 251 g/mol. The smallest absolute Gasteiger partial charge is 0.337 e. The monoisotopic (exact) mass is 251 g/mol. The molecule has 1 aromatic carbocycles. The summed E-state index contributed by atoms with van der Waals surface area (Å²) < 4.78 is 4.59. The van der Waals surface area contributed by atoms with Gasteiger partial charge in [0.25, 0.3) is 0 Å². The van der Waals surface area contributed by atoms with Crippen LogP contribution in [0.15, 0.2) is 18.2 Å². The zero-order valence-electron chi connectivity index (χ0n) is 10.4. The molecule has 0 saturated heterocycles. The summed E-state index contributed by atoms with van der Waals surface area (Å²) in [6.45, 7) is 2.52. The van der Waals surface area contributed by atoms with Gasteiger partial charge in [0.05, 0.1) is 24.0 Å². The van der Waals surface area contributed by atoms with Gasteiger partial charge < -0.3 is 21.1 Å².